The molecule has 1 heterocycles. The van der Waals surface area contributed by atoms with Gasteiger partial charge in [0.05, 0.1) is 15.6 Å². The summed E-state index contributed by atoms with van der Waals surface area (Å²) in [7, 11) is 0. The van der Waals surface area contributed by atoms with Crippen LogP contribution in [-0.4, -0.2) is 11.1 Å². The first-order chi connectivity index (χ1) is 14.2. The highest BCUT2D eigenvalue weighted by Gasteiger charge is 2.24. The van der Waals surface area contributed by atoms with Crippen LogP contribution < -0.4 is 10.1 Å². The van der Waals surface area contributed by atoms with Crippen LogP contribution in [0.2, 0.25) is 5.02 Å². The molecular formula is C23H17ClN2O2S. The topological polar surface area (TPSA) is 50.7 Å². The van der Waals surface area contributed by atoms with Crippen molar-refractivity contribution in [2.24, 2.45) is 4.99 Å². The monoisotopic (exact) mass is 420 g/mol. The quantitative estimate of drug-likeness (QED) is 0.530. The number of halogens is 1. The number of para-hydroxylation sites is 1. The second kappa shape index (κ2) is 8.99. The number of nitrogens with zero attached hydrogens (tertiary/aromatic N) is 1. The molecule has 3 aromatic carbocycles. The van der Waals surface area contributed by atoms with Crippen molar-refractivity contribution < 1.29 is 9.53 Å². The summed E-state index contributed by atoms with van der Waals surface area (Å²) in [6.45, 7) is 0.491. The third-order valence-corrected chi connectivity index (χ3v) is 5.36. The number of benzene rings is 3. The second-order valence-electron chi connectivity index (χ2n) is 6.28. The van der Waals surface area contributed by atoms with Crippen LogP contribution >= 0.6 is 23.4 Å². The number of carbonyl (C=O) groups is 1. The second-order valence-corrected chi connectivity index (χ2v) is 7.72. The number of carbonyl (C=O) groups excluding carboxylic acids is 1. The Morgan fingerprint density at radius 3 is 2.62 bits per heavy atom. The molecule has 0 saturated carbocycles. The van der Waals surface area contributed by atoms with Crippen molar-refractivity contribution in [3.63, 3.8) is 0 Å². The van der Waals surface area contributed by atoms with Crippen LogP contribution in [0.3, 0.4) is 0 Å². The van der Waals surface area contributed by atoms with Gasteiger partial charge < -0.3 is 10.1 Å². The number of hydrogen-bond acceptors (Lipinski definition) is 4. The fourth-order valence-corrected chi connectivity index (χ4v) is 3.73. The molecule has 4 rings (SSSR count). The molecule has 0 spiro atoms. The predicted octanol–water partition coefficient (Wildman–Crippen LogP) is 5.81. The zero-order chi connectivity index (χ0) is 20.1. The highest BCUT2D eigenvalue weighted by Crippen LogP contribution is 2.31. The summed E-state index contributed by atoms with van der Waals surface area (Å²) in [5.41, 5.74) is 2.60. The third kappa shape index (κ3) is 5.08. The van der Waals surface area contributed by atoms with E-state index in [0.29, 0.717) is 27.4 Å². The van der Waals surface area contributed by atoms with Gasteiger partial charge in [-0.3, -0.25) is 4.79 Å². The van der Waals surface area contributed by atoms with Gasteiger partial charge in [0.1, 0.15) is 12.4 Å². The number of rotatable bonds is 5. The number of aliphatic imine (C=N–C) groups is 1. The fraction of sp³-hybridized carbons (Fsp3) is 0.0435. The number of thioether (sulfide) groups is 1. The average Bonchev–Trinajstić information content (AvgIpc) is 3.08. The van der Waals surface area contributed by atoms with E-state index in [2.05, 4.69) is 10.3 Å². The number of amidine groups is 1. The molecule has 0 radical (unpaired) electrons. The molecule has 29 heavy (non-hydrogen) atoms. The standard InChI is InChI=1S/C23H17ClN2O2S/c24-19-11-4-5-12-20(19)25-23-26-22(27)21(29-23)14-17-9-6-10-18(13-17)28-15-16-7-2-1-3-8-16/h1-14H,15H2,(H,25,26,27)/b21-14+. The third-order valence-electron chi connectivity index (χ3n) is 4.13. The molecule has 1 fully saturated rings. The summed E-state index contributed by atoms with van der Waals surface area (Å²) in [4.78, 5) is 17.3. The normalized spacial score (nSPS) is 16.2. The maximum absolute atomic E-state index is 12.3. The van der Waals surface area contributed by atoms with Crippen molar-refractivity contribution in [3.8, 4) is 5.75 Å². The van der Waals surface area contributed by atoms with E-state index in [0.717, 1.165) is 16.9 Å². The molecule has 0 aromatic heterocycles. The van der Waals surface area contributed by atoms with E-state index in [9.17, 15) is 4.79 Å². The first kappa shape index (κ1) is 19.3. The first-order valence-electron chi connectivity index (χ1n) is 8.98. The Bertz CT molecular complexity index is 1100. The maximum atomic E-state index is 12.3. The lowest BCUT2D eigenvalue weighted by Gasteiger charge is -2.07. The van der Waals surface area contributed by atoms with Crippen molar-refractivity contribution in [3.05, 3.63) is 99.9 Å². The molecular weight excluding hydrogens is 404 g/mol. The van der Waals surface area contributed by atoms with Crippen LogP contribution in [0.25, 0.3) is 6.08 Å². The maximum Gasteiger partial charge on any atom is 0.264 e. The van der Waals surface area contributed by atoms with Gasteiger partial charge in [0.2, 0.25) is 0 Å². The number of hydrogen-bond donors (Lipinski definition) is 1. The molecule has 1 saturated heterocycles. The van der Waals surface area contributed by atoms with Crippen molar-refractivity contribution in [2.45, 2.75) is 6.61 Å². The zero-order valence-corrected chi connectivity index (χ0v) is 16.9. The molecule has 144 valence electrons. The van der Waals surface area contributed by atoms with Gasteiger partial charge in [0, 0.05) is 0 Å². The summed E-state index contributed by atoms with van der Waals surface area (Å²) in [5.74, 6) is 0.563. The largest absolute Gasteiger partial charge is 0.489 e. The van der Waals surface area contributed by atoms with E-state index in [1.165, 1.54) is 11.8 Å². The van der Waals surface area contributed by atoms with Gasteiger partial charge in [-0.05, 0) is 53.2 Å². The van der Waals surface area contributed by atoms with E-state index < -0.39 is 0 Å². The van der Waals surface area contributed by atoms with E-state index in [1.807, 2.05) is 72.8 Å². The summed E-state index contributed by atoms with van der Waals surface area (Å²) in [6, 6.07) is 24.9. The van der Waals surface area contributed by atoms with Crippen LogP contribution in [0.4, 0.5) is 5.69 Å². The summed E-state index contributed by atoms with van der Waals surface area (Å²) in [6.07, 6.45) is 1.82. The van der Waals surface area contributed by atoms with Crippen molar-refractivity contribution in [1.82, 2.24) is 5.32 Å². The summed E-state index contributed by atoms with van der Waals surface area (Å²) < 4.78 is 5.86. The molecule has 1 aliphatic rings. The lowest BCUT2D eigenvalue weighted by molar-refractivity contribution is -0.115. The Morgan fingerprint density at radius 2 is 1.79 bits per heavy atom. The predicted molar refractivity (Wildman–Crippen MR) is 119 cm³/mol. The molecule has 0 atom stereocenters. The van der Waals surface area contributed by atoms with Crippen LogP contribution in [-0.2, 0) is 11.4 Å². The molecule has 0 unspecified atom stereocenters. The molecule has 0 bridgehead atoms. The van der Waals surface area contributed by atoms with Crippen LogP contribution in [0.5, 0.6) is 5.75 Å². The van der Waals surface area contributed by atoms with Gasteiger partial charge in [-0.25, -0.2) is 4.99 Å². The molecule has 1 aliphatic heterocycles. The summed E-state index contributed by atoms with van der Waals surface area (Å²) >= 11 is 7.42. The Balaban J connectivity index is 1.48. The van der Waals surface area contributed by atoms with Crippen molar-refractivity contribution >= 4 is 46.2 Å². The Kier molecular flexibility index (Phi) is 5.98. The average molecular weight is 421 g/mol. The Hall–Kier alpha value is -3.02. The minimum atomic E-state index is -0.184. The SMILES string of the molecule is O=C1NC(=Nc2ccccc2Cl)S/C1=C/c1cccc(OCc2ccccc2)c1. The lowest BCUT2D eigenvalue weighted by Crippen LogP contribution is -2.19. The lowest BCUT2D eigenvalue weighted by atomic mass is 10.2. The Morgan fingerprint density at radius 1 is 1.00 bits per heavy atom. The van der Waals surface area contributed by atoms with Gasteiger partial charge in [0.15, 0.2) is 5.17 Å². The highest BCUT2D eigenvalue weighted by atomic mass is 35.5. The minimum absolute atomic E-state index is 0.184. The van der Waals surface area contributed by atoms with Crippen LogP contribution in [0.1, 0.15) is 11.1 Å². The minimum Gasteiger partial charge on any atom is -0.489 e. The van der Waals surface area contributed by atoms with Crippen molar-refractivity contribution in [2.75, 3.05) is 0 Å². The first-order valence-corrected chi connectivity index (χ1v) is 10.2. The molecule has 1 amide bonds. The number of amides is 1. The molecule has 0 aliphatic carbocycles. The highest BCUT2D eigenvalue weighted by molar-refractivity contribution is 8.18. The molecule has 1 N–H and O–H groups in total. The van der Waals surface area contributed by atoms with Gasteiger partial charge in [-0.2, -0.15) is 0 Å². The van der Waals surface area contributed by atoms with Crippen LogP contribution in [0.15, 0.2) is 88.8 Å². The van der Waals surface area contributed by atoms with Crippen molar-refractivity contribution in [1.29, 1.82) is 0 Å². The van der Waals surface area contributed by atoms with Gasteiger partial charge in [-0.1, -0.05) is 66.2 Å². The number of ether oxygens (including phenoxy) is 1. The van der Waals surface area contributed by atoms with E-state index in [1.54, 1.807) is 12.1 Å². The number of nitrogens with one attached hydrogen (secondary N) is 1. The zero-order valence-electron chi connectivity index (χ0n) is 15.3. The van der Waals surface area contributed by atoms with Crippen LogP contribution in [0, 0.1) is 0 Å². The van der Waals surface area contributed by atoms with E-state index in [4.69, 9.17) is 16.3 Å². The van der Waals surface area contributed by atoms with Gasteiger partial charge >= 0.3 is 0 Å². The molecule has 4 nitrogen and oxygen atoms in total. The summed E-state index contributed by atoms with van der Waals surface area (Å²) in [5, 5.41) is 3.82. The Labute approximate surface area is 178 Å². The molecule has 3 aromatic rings. The van der Waals surface area contributed by atoms with E-state index in [-0.39, 0.29) is 5.91 Å². The van der Waals surface area contributed by atoms with E-state index >= 15 is 0 Å². The van der Waals surface area contributed by atoms with Gasteiger partial charge in [-0.15, -0.1) is 0 Å². The fourth-order valence-electron chi connectivity index (χ4n) is 2.72. The van der Waals surface area contributed by atoms with Gasteiger partial charge in [0.25, 0.3) is 5.91 Å². The molecule has 6 heteroatoms. The smallest absolute Gasteiger partial charge is 0.264 e.